The zero-order valence-electron chi connectivity index (χ0n) is 17.6. The van der Waals surface area contributed by atoms with Gasteiger partial charge in [0.25, 0.3) is 5.91 Å². The standard InChI is InChI=1S/C22H30N4O2S/c1-15(24-20(28)18-14-23-21(29-18)22(2,3)4)12-19(27)25-16-8-7-9-17(13-16)26-10-5-6-11-26/h7-9,13-15H,5-6,10-12H2,1-4H3,(H,24,28)(H,25,27). The number of hydrogen-bond donors (Lipinski definition) is 2. The summed E-state index contributed by atoms with van der Waals surface area (Å²) in [5.41, 5.74) is 1.84. The van der Waals surface area contributed by atoms with Crippen molar-refractivity contribution in [2.24, 2.45) is 0 Å². The number of carbonyl (C=O) groups is 2. The van der Waals surface area contributed by atoms with Crippen molar-refractivity contribution in [3.63, 3.8) is 0 Å². The maximum absolute atomic E-state index is 12.4. The van der Waals surface area contributed by atoms with Crippen molar-refractivity contribution in [2.75, 3.05) is 23.3 Å². The first kappa shape index (κ1) is 21.3. The molecule has 1 aliphatic heterocycles. The van der Waals surface area contributed by atoms with Crippen molar-refractivity contribution in [1.82, 2.24) is 10.3 Å². The van der Waals surface area contributed by atoms with Crippen LogP contribution >= 0.6 is 11.3 Å². The van der Waals surface area contributed by atoms with Crippen LogP contribution in [0.1, 0.15) is 61.6 Å². The molecule has 2 amide bonds. The highest BCUT2D eigenvalue weighted by molar-refractivity contribution is 7.13. The predicted octanol–water partition coefficient (Wildman–Crippen LogP) is 4.19. The first-order valence-electron chi connectivity index (χ1n) is 10.1. The van der Waals surface area contributed by atoms with E-state index < -0.39 is 0 Å². The Morgan fingerprint density at radius 2 is 1.97 bits per heavy atom. The Kier molecular flexibility index (Phi) is 6.57. The fourth-order valence-electron chi connectivity index (χ4n) is 3.32. The summed E-state index contributed by atoms with van der Waals surface area (Å²) in [6, 6.07) is 7.67. The van der Waals surface area contributed by atoms with Gasteiger partial charge in [0.05, 0.1) is 11.2 Å². The van der Waals surface area contributed by atoms with Crippen LogP contribution in [0.2, 0.25) is 0 Å². The lowest BCUT2D eigenvalue weighted by Gasteiger charge is -2.19. The minimum absolute atomic E-state index is 0.0850. The largest absolute Gasteiger partial charge is 0.371 e. The number of hydrogen-bond acceptors (Lipinski definition) is 5. The highest BCUT2D eigenvalue weighted by atomic mass is 32.1. The Balaban J connectivity index is 1.52. The fraction of sp³-hybridized carbons (Fsp3) is 0.500. The number of aromatic nitrogens is 1. The third-order valence-electron chi connectivity index (χ3n) is 4.84. The van der Waals surface area contributed by atoms with E-state index >= 15 is 0 Å². The molecule has 29 heavy (non-hydrogen) atoms. The predicted molar refractivity (Wildman–Crippen MR) is 119 cm³/mol. The third-order valence-corrected chi connectivity index (χ3v) is 6.26. The van der Waals surface area contributed by atoms with Gasteiger partial charge in [-0.25, -0.2) is 4.98 Å². The van der Waals surface area contributed by atoms with Crippen molar-refractivity contribution in [2.45, 2.75) is 58.4 Å². The average Bonchev–Trinajstić information content (AvgIpc) is 3.33. The molecule has 0 aliphatic carbocycles. The molecule has 1 atom stereocenters. The van der Waals surface area contributed by atoms with E-state index in [2.05, 4.69) is 47.4 Å². The molecule has 3 rings (SSSR count). The number of nitrogens with zero attached hydrogens (tertiary/aromatic N) is 2. The molecule has 7 heteroatoms. The highest BCUT2D eigenvalue weighted by Gasteiger charge is 2.21. The Morgan fingerprint density at radius 3 is 2.62 bits per heavy atom. The molecule has 0 bridgehead atoms. The zero-order valence-corrected chi connectivity index (χ0v) is 18.4. The van der Waals surface area contributed by atoms with Crippen molar-refractivity contribution >= 4 is 34.5 Å². The van der Waals surface area contributed by atoms with Crippen LogP contribution in [0.25, 0.3) is 0 Å². The lowest BCUT2D eigenvalue weighted by molar-refractivity contribution is -0.116. The lowest BCUT2D eigenvalue weighted by atomic mass is 9.98. The van der Waals surface area contributed by atoms with Gasteiger partial charge >= 0.3 is 0 Å². The lowest BCUT2D eigenvalue weighted by Crippen LogP contribution is -2.35. The molecule has 2 heterocycles. The number of benzene rings is 1. The molecule has 1 fully saturated rings. The molecule has 0 saturated carbocycles. The molecule has 0 radical (unpaired) electrons. The van der Waals surface area contributed by atoms with Crippen LogP contribution in [-0.4, -0.2) is 35.9 Å². The summed E-state index contributed by atoms with van der Waals surface area (Å²) in [6.07, 6.45) is 4.25. The van der Waals surface area contributed by atoms with Crippen LogP contribution in [0.15, 0.2) is 30.5 Å². The molecule has 1 aliphatic rings. The normalized spacial score (nSPS) is 15.2. The molecule has 1 saturated heterocycles. The third kappa shape index (κ3) is 5.79. The maximum atomic E-state index is 12.4. The second kappa shape index (κ2) is 8.95. The first-order chi connectivity index (χ1) is 13.7. The van der Waals surface area contributed by atoms with E-state index in [1.165, 1.54) is 24.2 Å². The molecular weight excluding hydrogens is 384 g/mol. The molecule has 1 unspecified atom stereocenters. The number of amides is 2. The van der Waals surface area contributed by atoms with Gasteiger partial charge in [-0.1, -0.05) is 26.8 Å². The number of anilines is 2. The van der Waals surface area contributed by atoms with Crippen molar-refractivity contribution < 1.29 is 9.59 Å². The van der Waals surface area contributed by atoms with Gasteiger partial charge in [-0.15, -0.1) is 11.3 Å². The SMILES string of the molecule is CC(CC(=O)Nc1cccc(N2CCCC2)c1)NC(=O)c1cnc(C(C)(C)C)s1. The summed E-state index contributed by atoms with van der Waals surface area (Å²) in [5, 5.41) is 6.77. The van der Waals surface area contributed by atoms with Crippen LogP contribution in [0.4, 0.5) is 11.4 Å². The Bertz CT molecular complexity index is 866. The highest BCUT2D eigenvalue weighted by Crippen LogP contribution is 2.27. The van der Waals surface area contributed by atoms with E-state index in [0.29, 0.717) is 4.88 Å². The summed E-state index contributed by atoms with van der Waals surface area (Å²) in [6.45, 7) is 10.2. The molecule has 2 aromatic rings. The van der Waals surface area contributed by atoms with E-state index in [0.717, 1.165) is 29.5 Å². The maximum Gasteiger partial charge on any atom is 0.263 e. The topological polar surface area (TPSA) is 74.3 Å². The number of thiazole rings is 1. The van der Waals surface area contributed by atoms with Gasteiger partial charge in [-0.3, -0.25) is 9.59 Å². The smallest absolute Gasteiger partial charge is 0.263 e. The summed E-state index contributed by atoms with van der Waals surface area (Å²) in [4.78, 5) is 32.1. The monoisotopic (exact) mass is 414 g/mol. The second-order valence-corrected chi connectivity index (χ2v) is 9.68. The zero-order chi connectivity index (χ0) is 21.0. The molecule has 2 N–H and O–H groups in total. The molecule has 6 nitrogen and oxygen atoms in total. The van der Waals surface area contributed by atoms with Gasteiger partial charge in [-0.2, -0.15) is 0 Å². The Labute approximate surface area is 176 Å². The van der Waals surface area contributed by atoms with Crippen LogP contribution < -0.4 is 15.5 Å². The van der Waals surface area contributed by atoms with Crippen LogP contribution in [-0.2, 0) is 10.2 Å². The van der Waals surface area contributed by atoms with Crippen molar-refractivity contribution in [3.8, 4) is 0 Å². The number of rotatable bonds is 6. The van der Waals surface area contributed by atoms with Crippen LogP contribution in [0.3, 0.4) is 0 Å². The summed E-state index contributed by atoms with van der Waals surface area (Å²) >= 11 is 1.40. The van der Waals surface area contributed by atoms with Crippen molar-refractivity contribution in [3.05, 3.63) is 40.3 Å². The fourth-order valence-corrected chi connectivity index (χ4v) is 4.19. The van der Waals surface area contributed by atoms with Gasteiger partial charge in [0, 0.05) is 42.3 Å². The summed E-state index contributed by atoms with van der Waals surface area (Å²) in [7, 11) is 0. The number of carbonyl (C=O) groups excluding carboxylic acids is 2. The molecule has 1 aromatic carbocycles. The Morgan fingerprint density at radius 1 is 1.24 bits per heavy atom. The van der Waals surface area contributed by atoms with Gasteiger partial charge in [-0.05, 0) is 38.0 Å². The Hall–Kier alpha value is -2.41. The minimum atomic E-state index is -0.274. The van der Waals surface area contributed by atoms with Gasteiger partial charge in [0.15, 0.2) is 0 Å². The van der Waals surface area contributed by atoms with E-state index in [1.54, 1.807) is 6.20 Å². The summed E-state index contributed by atoms with van der Waals surface area (Å²) in [5.74, 6) is -0.301. The van der Waals surface area contributed by atoms with Gasteiger partial charge < -0.3 is 15.5 Å². The quantitative estimate of drug-likeness (QED) is 0.743. The molecule has 1 aromatic heterocycles. The van der Waals surface area contributed by atoms with E-state index in [1.807, 2.05) is 25.1 Å². The number of nitrogens with one attached hydrogen (secondary N) is 2. The van der Waals surface area contributed by atoms with E-state index in [4.69, 9.17) is 0 Å². The summed E-state index contributed by atoms with van der Waals surface area (Å²) < 4.78 is 0. The van der Waals surface area contributed by atoms with Crippen molar-refractivity contribution in [1.29, 1.82) is 0 Å². The van der Waals surface area contributed by atoms with E-state index in [9.17, 15) is 9.59 Å². The first-order valence-corrected chi connectivity index (χ1v) is 11.0. The van der Waals surface area contributed by atoms with E-state index in [-0.39, 0.29) is 29.7 Å². The minimum Gasteiger partial charge on any atom is -0.371 e. The molecular formula is C22H30N4O2S. The van der Waals surface area contributed by atoms with Crippen LogP contribution in [0, 0.1) is 0 Å². The second-order valence-electron chi connectivity index (χ2n) is 8.65. The van der Waals surface area contributed by atoms with Crippen LogP contribution in [0.5, 0.6) is 0 Å². The van der Waals surface area contributed by atoms with Gasteiger partial charge in [0.1, 0.15) is 4.88 Å². The average molecular weight is 415 g/mol. The molecule has 156 valence electrons. The molecule has 0 spiro atoms. The van der Waals surface area contributed by atoms with Gasteiger partial charge in [0.2, 0.25) is 5.91 Å².